The number of nitrogens with zero attached hydrogens (tertiary/aromatic N) is 3. The van der Waals surface area contributed by atoms with E-state index in [1.807, 2.05) is 48.5 Å². The van der Waals surface area contributed by atoms with Gasteiger partial charge in [0.2, 0.25) is 0 Å². The molecule has 0 atom stereocenters. The lowest BCUT2D eigenvalue weighted by Crippen LogP contribution is -2.30. The van der Waals surface area contributed by atoms with Crippen molar-refractivity contribution in [2.75, 3.05) is 46.6 Å². The summed E-state index contributed by atoms with van der Waals surface area (Å²) in [7, 11) is 1.64. The van der Waals surface area contributed by atoms with Gasteiger partial charge in [0.25, 0.3) is 0 Å². The van der Waals surface area contributed by atoms with E-state index >= 15 is 0 Å². The van der Waals surface area contributed by atoms with E-state index < -0.39 is 0 Å². The fourth-order valence-corrected chi connectivity index (χ4v) is 4.03. The third-order valence-corrected chi connectivity index (χ3v) is 6.16. The first kappa shape index (κ1) is 29.7. The monoisotopic (exact) mass is 499 g/mol. The second-order valence-electron chi connectivity index (χ2n) is 9.06. The Morgan fingerprint density at radius 3 is 1.50 bits per heavy atom. The van der Waals surface area contributed by atoms with Crippen LogP contribution in [0.25, 0.3) is 0 Å². The highest BCUT2D eigenvalue weighted by Crippen LogP contribution is 2.23. The van der Waals surface area contributed by atoms with Crippen molar-refractivity contribution in [1.29, 1.82) is 0 Å². The van der Waals surface area contributed by atoms with Gasteiger partial charge in [-0.3, -0.25) is 4.90 Å². The molecule has 0 fully saturated rings. The van der Waals surface area contributed by atoms with Crippen molar-refractivity contribution in [2.45, 2.75) is 64.2 Å². The Bertz CT molecular complexity index is 806. The van der Waals surface area contributed by atoms with Crippen LogP contribution in [-0.4, -0.2) is 61.7 Å². The second kappa shape index (κ2) is 19.7. The Labute approximate surface area is 217 Å². The maximum atomic E-state index is 9.04. The molecule has 2 aromatic rings. The summed E-state index contributed by atoms with van der Waals surface area (Å²) in [6.45, 7) is 3.38. The van der Waals surface area contributed by atoms with E-state index in [0.29, 0.717) is 13.1 Å². The number of hydrogen-bond acceptors (Lipinski definition) is 7. The lowest BCUT2D eigenvalue weighted by atomic mass is 10.1. The number of aliphatic hydroxyl groups is 2. The zero-order valence-corrected chi connectivity index (χ0v) is 22.0. The smallest absolute Gasteiger partial charge is 0.119 e. The number of hydrogen-bond donors (Lipinski definition) is 2. The van der Waals surface area contributed by atoms with Crippen LogP contribution in [0.2, 0.25) is 0 Å². The van der Waals surface area contributed by atoms with E-state index in [-0.39, 0.29) is 13.2 Å². The van der Waals surface area contributed by atoms with Crippen LogP contribution in [0.1, 0.15) is 64.2 Å². The molecule has 2 N–H and O–H groups in total. The SMILES string of the molecule is COc1ccc(N=Nc2ccc(OCCCCCCCCCCCCN(CCO)CCO)cc2)cc1. The highest BCUT2D eigenvalue weighted by molar-refractivity contribution is 5.44. The fourth-order valence-electron chi connectivity index (χ4n) is 4.03. The van der Waals surface area contributed by atoms with Gasteiger partial charge in [-0.25, -0.2) is 0 Å². The molecule has 200 valence electrons. The van der Waals surface area contributed by atoms with Crippen molar-refractivity contribution in [1.82, 2.24) is 4.90 Å². The van der Waals surface area contributed by atoms with Crippen LogP contribution >= 0.6 is 0 Å². The molecule has 2 rings (SSSR count). The van der Waals surface area contributed by atoms with Gasteiger partial charge in [0.15, 0.2) is 0 Å². The average Bonchev–Trinajstić information content (AvgIpc) is 2.91. The van der Waals surface area contributed by atoms with Crippen molar-refractivity contribution in [3.8, 4) is 11.5 Å². The molecule has 0 bridgehead atoms. The molecule has 0 amide bonds. The Hall–Kier alpha value is -2.48. The van der Waals surface area contributed by atoms with Gasteiger partial charge in [-0.2, -0.15) is 10.2 Å². The first-order valence-corrected chi connectivity index (χ1v) is 13.5. The van der Waals surface area contributed by atoms with Crippen LogP contribution in [0.4, 0.5) is 11.4 Å². The highest BCUT2D eigenvalue weighted by atomic mass is 16.5. The maximum Gasteiger partial charge on any atom is 0.119 e. The van der Waals surface area contributed by atoms with Crippen molar-refractivity contribution < 1.29 is 19.7 Å². The summed E-state index contributed by atoms with van der Waals surface area (Å²) >= 11 is 0. The topological polar surface area (TPSA) is 86.9 Å². The van der Waals surface area contributed by atoms with E-state index in [2.05, 4.69) is 15.1 Å². The Balaban J connectivity index is 1.43. The molecule has 0 radical (unpaired) electrons. The maximum absolute atomic E-state index is 9.04. The molecule has 0 spiro atoms. The Morgan fingerprint density at radius 2 is 1.03 bits per heavy atom. The van der Waals surface area contributed by atoms with E-state index in [1.54, 1.807) is 7.11 Å². The Morgan fingerprint density at radius 1 is 0.583 bits per heavy atom. The van der Waals surface area contributed by atoms with E-state index in [1.165, 1.54) is 51.4 Å². The molecule has 2 aromatic carbocycles. The zero-order valence-electron chi connectivity index (χ0n) is 22.0. The number of benzene rings is 2. The zero-order chi connectivity index (χ0) is 25.7. The van der Waals surface area contributed by atoms with Crippen LogP contribution in [-0.2, 0) is 0 Å². The molecule has 0 heterocycles. The number of azo groups is 1. The number of methoxy groups -OCH3 is 1. The molecule has 36 heavy (non-hydrogen) atoms. The van der Waals surface area contributed by atoms with Crippen LogP contribution in [0.5, 0.6) is 11.5 Å². The van der Waals surface area contributed by atoms with Crippen molar-refractivity contribution in [2.24, 2.45) is 10.2 Å². The average molecular weight is 500 g/mol. The molecule has 0 aliphatic rings. The molecule has 0 aliphatic carbocycles. The van der Waals surface area contributed by atoms with Gasteiger partial charge in [-0.05, 0) is 67.9 Å². The summed E-state index contributed by atoms with van der Waals surface area (Å²) in [5.41, 5.74) is 1.58. The molecular formula is C29H45N3O4. The Kier molecular flexibility index (Phi) is 16.3. The van der Waals surface area contributed by atoms with Crippen LogP contribution in [0.3, 0.4) is 0 Å². The van der Waals surface area contributed by atoms with Crippen LogP contribution < -0.4 is 9.47 Å². The molecule has 7 nitrogen and oxygen atoms in total. The van der Waals surface area contributed by atoms with E-state index in [4.69, 9.17) is 19.7 Å². The summed E-state index contributed by atoms with van der Waals surface area (Å²) in [4.78, 5) is 2.14. The third kappa shape index (κ3) is 13.6. The van der Waals surface area contributed by atoms with Crippen LogP contribution in [0.15, 0.2) is 58.8 Å². The van der Waals surface area contributed by atoms with Gasteiger partial charge >= 0.3 is 0 Å². The minimum absolute atomic E-state index is 0.166. The van der Waals surface area contributed by atoms with Gasteiger partial charge < -0.3 is 19.7 Å². The van der Waals surface area contributed by atoms with Gasteiger partial charge in [0, 0.05) is 13.1 Å². The molecule has 0 aliphatic heterocycles. The van der Waals surface area contributed by atoms with Crippen molar-refractivity contribution >= 4 is 11.4 Å². The third-order valence-electron chi connectivity index (χ3n) is 6.16. The number of ether oxygens (including phenoxy) is 2. The van der Waals surface area contributed by atoms with Crippen LogP contribution in [0, 0.1) is 0 Å². The summed E-state index contributed by atoms with van der Waals surface area (Å²) in [5.74, 6) is 1.67. The first-order chi connectivity index (χ1) is 17.7. The molecule has 0 saturated carbocycles. The second-order valence-corrected chi connectivity index (χ2v) is 9.06. The molecule has 0 unspecified atom stereocenters. The number of rotatable bonds is 21. The van der Waals surface area contributed by atoms with Crippen molar-refractivity contribution in [3.63, 3.8) is 0 Å². The predicted octanol–water partition coefficient (Wildman–Crippen LogP) is 6.68. The quantitative estimate of drug-likeness (QED) is 0.148. The van der Waals surface area contributed by atoms with Gasteiger partial charge in [0.05, 0.1) is 38.3 Å². The standard InChI is InChI=1S/C29H45N3O4/c1-35-28-16-12-26(13-17-28)30-31-27-14-18-29(19-15-27)36-25-11-9-7-5-3-2-4-6-8-10-20-32(21-23-33)22-24-34/h12-19,33-34H,2-11,20-25H2,1H3. The lowest BCUT2D eigenvalue weighted by Gasteiger charge is -2.19. The minimum Gasteiger partial charge on any atom is -0.497 e. The van der Waals surface area contributed by atoms with Gasteiger partial charge in [-0.15, -0.1) is 0 Å². The summed E-state index contributed by atoms with van der Waals surface area (Å²) in [6, 6.07) is 15.2. The first-order valence-electron chi connectivity index (χ1n) is 13.5. The van der Waals surface area contributed by atoms with E-state index in [9.17, 15) is 0 Å². The summed E-state index contributed by atoms with van der Waals surface area (Å²) in [5, 5.41) is 26.6. The van der Waals surface area contributed by atoms with E-state index in [0.717, 1.165) is 48.9 Å². The van der Waals surface area contributed by atoms with Crippen molar-refractivity contribution in [3.05, 3.63) is 48.5 Å². The minimum atomic E-state index is 0.166. The molecular weight excluding hydrogens is 454 g/mol. The number of unbranched alkanes of at least 4 members (excludes halogenated alkanes) is 9. The lowest BCUT2D eigenvalue weighted by molar-refractivity contribution is 0.159. The predicted molar refractivity (Wildman–Crippen MR) is 146 cm³/mol. The molecule has 0 aromatic heterocycles. The van der Waals surface area contributed by atoms with Gasteiger partial charge in [0.1, 0.15) is 11.5 Å². The number of aliphatic hydroxyl groups excluding tert-OH is 2. The molecule has 0 saturated heterocycles. The molecule has 7 heteroatoms. The highest BCUT2D eigenvalue weighted by Gasteiger charge is 2.03. The normalized spacial score (nSPS) is 11.4. The van der Waals surface area contributed by atoms with Gasteiger partial charge in [-0.1, -0.05) is 51.4 Å². The summed E-state index contributed by atoms with van der Waals surface area (Å²) < 4.78 is 11.0. The largest absolute Gasteiger partial charge is 0.497 e. The summed E-state index contributed by atoms with van der Waals surface area (Å²) in [6.07, 6.45) is 12.5. The fraction of sp³-hybridized carbons (Fsp3) is 0.586.